The number of amides is 1. The average molecular weight is 369 g/mol. The number of carbonyl (C=O) groups is 1. The molecule has 1 N–H and O–H groups in total. The zero-order valence-corrected chi connectivity index (χ0v) is 12.5. The van der Waals surface area contributed by atoms with Crippen LogP contribution in [0.2, 0.25) is 15.3 Å². The second-order valence-electron chi connectivity index (χ2n) is 3.31. The molecule has 3 nitrogen and oxygen atoms in total. The van der Waals surface area contributed by atoms with Crippen LogP contribution >= 0.6 is 50.7 Å². The Morgan fingerprint density at radius 1 is 1.22 bits per heavy atom. The lowest BCUT2D eigenvalue weighted by Crippen LogP contribution is -2.12. The number of hydrogen-bond donors (Lipinski definition) is 1. The summed E-state index contributed by atoms with van der Waals surface area (Å²) in [6.45, 7) is 0. The summed E-state index contributed by atoms with van der Waals surface area (Å²) < 4.78 is 5.55. The van der Waals surface area contributed by atoms with E-state index in [2.05, 4.69) is 21.2 Å². The van der Waals surface area contributed by atoms with Crippen molar-refractivity contribution in [2.45, 2.75) is 0 Å². The molecular formula is C11H5BrCl3NO2. The first kappa shape index (κ1) is 13.7. The molecule has 0 radical (unpaired) electrons. The van der Waals surface area contributed by atoms with Crippen LogP contribution in [0.1, 0.15) is 10.4 Å². The first-order chi connectivity index (χ1) is 8.49. The molecule has 0 saturated carbocycles. The van der Waals surface area contributed by atoms with Crippen LogP contribution in [0.4, 0.5) is 5.69 Å². The fourth-order valence-electron chi connectivity index (χ4n) is 1.30. The number of anilines is 1. The number of benzene rings is 1. The summed E-state index contributed by atoms with van der Waals surface area (Å²) in [4.78, 5) is 11.9. The van der Waals surface area contributed by atoms with Crippen LogP contribution in [0.3, 0.4) is 0 Å². The normalized spacial score (nSPS) is 10.4. The third-order valence-electron chi connectivity index (χ3n) is 2.11. The average Bonchev–Trinajstić information content (AvgIpc) is 2.69. The molecular weight excluding hydrogens is 364 g/mol. The zero-order chi connectivity index (χ0) is 13.3. The van der Waals surface area contributed by atoms with E-state index < -0.39 is 5.91 Å². The summed E-state index contributed by atoms with van der Waals surface area (Å²) in [5, 5.41) is 3.24. The summed E-state index contributed by atoms with van der Waals surface area (Å²) in [5.41, 5.74) is 0.538. The van der Waals surface area contributed by atoms with Crippen molar-refractivity contribution in [3.05, 3.63) is 49.8 Å². The van der Waals surface area contributed by atoms with Crippen molar-refractivity contribution < 1.29 is 9.21 Å². The highest BCUT2D eigenvalue weighted by molar-refractivity contribution is 9.10. The number of nitrogens with one attached hydrogen (secondary N) is 1. The van der Waals surface area contributed by atoms with Gasteiger partial charge in [0.2, 0.25) is 5.22 Å². The van der Waals surface area contributed by atoms with Crippen molar-refractivity contribution in [2.24, 2.45) is 0 Å². The van der Waals surface area contributed by atoms with E-state index in [4.69, 9.17) is 39.2 Å². The number of hydrogen-bond acceptors (Lipinski definition) is 2. The summed E-state index contributed by atoms with van der Waals surface area (Å²) in [6.07, 6.45) is 1.32. The van der Waals surface area contributed by atoms with E-state index in [9.17, 15) is 4.79 Å². The number of halogens is 4. The second kappa shape index (κ2) is 5.53. The summed E-state index contributed by atoms with van der Waals surface area (Å²) in [6, 6.07) is 4.71. The Bertz CT molecular complexity index is 589. The van der Waals surface area contributed by atoms with Crippen molar-refractivity contribution in [3.8, 4) is 0 Å². The maximum absolute atomic E-state index is 11.9. The van der Waals surface area contributed by atoms with Gasteiger partial charge in [-0.25, -0.2) is 0 Å². The number of rotatable bonds is 2. The molecule has 1 heterocycles. The smallest absolute Gasteiger partial charge is 0.260 e. The SMILES string of the molecule is O=C(Nc1c(Cl)cc(Br)cc1Cl)c1ccoc1Cl. The van der Waals surface area contributed by atoms with Crippen LogP contribution < -0.4 is 5.32 Å². The first-order valence-corrected chi connectivity index (χ1v) is 6.60. The third kappa shape index (κ3) is 2.83. The van der Waals surface area contributed by atoms with Gasteiger partial charge in [-0.3, -0.25) is 4.79 Å². The van der Waals surface area contributed by atoms with Crippen molar-refractivity contribution >= 4 is 62.3 Å². The largest absolute Gasteiger partial charge is 0.452 e. The monoisotopic (exact) mass is 367 g/mol. The molecule has 0 unspecified atom stereocenters. The van der Waals surface area contributed by atoms with Gasteiger partial charge < -0.3 is 9.73 Å². The van der Waals surface area contributed by atoms with Crippen LogP contribution in [-0.4, -0.2) is 5.91 Å². The molecule has 2 rings (SSSR count). The molecule has 1 amide bonds. The van der Waals surface area contributed by atoms with Gasteiger partial charge in [0.15, 0.2) is 0 Å². The molecule has 0 bridgehead atoms. The molecule has 0 saturated heterocycles. The second-order valence-corrected chi connectivity index (χ2v) is 5.38. The molecule has 2 aromatic rings. The minimum Gasteiger partial charge on any atom is -0.452 e. The van der Waals surface area contributed by atoms with E-state index in [1.165, 1.54) is 12.3 Å². The Labute approximate surface area is 126 Å². The first-order valence-electron chi connectivity index (χ1n) is 4.68. The highest BCUT2D eigenvalue weighted by atomic mass is 79.9. The van der Waals surface area contributed by atoms with Crippen LogP contribution in [-0.2, 0) is 0 Å². The van der Waals surface area contributed by atoms with Gasteiger partial charge in [0, 0.05) is 4.47 Å². The van der Waals surface area contributed by atoms with E-state index >= 15 is 0 Å². The summed E-state index contributed by atoms with van der Waals surface area (Å²) in [7, 11) is 0. The predicted molar refractivity (Wildman–Crippen MR) is 75.8 cm³/mol. The van der Waals surface area contributed by atoms with Crippen LogP contribution in [0, 0.1) is 0 Å². The van der Waals surface area contributed by atoms with Crippen LogP contribution in [0.15, 0.2) is 33.4 Å². The van der Waals surface area contributed by atoms with Gasteiger partial charge in [-0.2, -0.15) is 0 Å². The van der Waals surface area contributed by atoms with Gasteiger partial charge in [-0.15, -0.1) is 0 Å². The Balaban J connectivity index is 2.31. The van der Waals surface area contributed by atoms with Gasteiger partial charge in [-0.05, 0) is 29.8 Å². The number of carbonyl (C=O) groups excluding carboxylic acids is 1. The molecule has 0 aliphatic rings. The Hall–Kier alpha value is -0.680. The lowest BCUT2D eigenvalue weighted by atomic mass is 10.2. The number of furan rings is 1. The Kier molecular flexibility index (Phi) is 4.22. The molecule has 7 heteroatoms. The molecule has 18 heavy (non-hydrogen) atoms. The molecule has 0 aliphatic carbocycles. The molecule has 0 atom stereocenters. The van der Waals surface area contributed by atoms with Crippen molar-refractivity contribution in [2.75, 3.05) is 5.32 Å². The fraction of sp³-hybridized carbons (Fsp3) is 0. The van der Waals surface area contributed by atoms with E-state index in [0.29, 0.717) is 15.7 Å². The molecule has 1 aromatic heterocycles. The molecule has 1 aromatic carbocycles. The van der Waals surface area contributed by atoms with E-state index in [0.717, 1.165) is 4.47 Å². The quantitative estimate of drug-likeness (QED) is 0.785. The predicted octanol–water partition coefficient (Wildman–Crippen LogP) is 5.25. The highest BCUT2D eigenvalue weighted by Gasteiger charge is 2.16. The van der Waals surface area contributed by atoms with Crippen molar-refractivity contribution in [3.63, 3.8) is 0 Å². The molecule has 0 fully saturated rings. The summed E-state index contributed by atoms with van der Waals surface area (Å²) >= 11 is 20.9. The van der Waals surface area contributed by atoms with Gasteiger partial charge in [-0.1, -0.05) is 39.1 Å². The molecule has 0 aliphatic heterocycles. The summed E-state index contributed by atoms with van der Waals surface area (Å²) in [5.74, 6) is -0.445. The van der Waals surface area contributed by atoms with Gasteiger partial charge in [0.1, 0.15) is 0 Å². The van der Waals surface area contributed by atoms with Crippen LogP contribution in [0.5, 0.6) is 0 Å². The van der Waals surface area contributed by atoms with Crippen molar-refractivity contribution in [1.82, 2.24) is 0 Å². The Morgan fingerprint density at radius 2 is 1.83 bits per heavy atom. The molecule has 0 spiro atoms. The van der Waals surface area contributed by atoms with Crippen molar-refractivity contribution in [1.29, 1.82) is 0 Å². The topological polar surface area (TPSA) is 42.2 Å². The maximum Gasteiger partial charge on any atom is 0.260 e. The van der Waals surface area contributed by atoms with Gasteiger partial charge >= 0.3 is 0 Å². The Morgan fingerprint density at radius 3 is 2.33 bits per heavy atom. The molecule has 94 valence electrons. The maximum atomic E-state index is 11.9. The third-order valence-corrected chi connectivity index (χ3v) is 3.45. The van der Waals surface area contributed by atoms with E-state index in [-0.39, 0.29) is 10.8 Å². The minimum absolute atomic E-state index is 0.0110. The lowest BCUT2D eigenvalue weighted by Gasteiger charge is -2.09. The van der Waals surface area contributed by atoms with Gasteiger partial charge in [0.05, 0.1) is 27.6 Å². The lowest BCUT2D eigenvalue weighted by molar-refractivity contribution is 0.102. The van der Waals surface area contributed by atoms with E-state index in [1.54, 1.807) is 12.1 Å². The van der Waals surface area contributed by atoms with Gasteiger partial charge in [0.25, 0.3) is 5.91 Å². The minimum atomic E-state index is -0.445. The van der Waals surface area contributed by atoms with E-state index in [1.807, 2.05) is 0 Å². The fourth-order valence-corrected chi connectivity index (χ4v) is 2.80. The van der Waals surface area contributed by atoms with Crippen LogP contribution in [0.25, 0.3) is 0 Å². The zero-order valence-electron chi connectivity index (χ0n) is 8.64. The highest BCUT2D eigenvalue weighted by Crippen LogP contribution is 2.34. The standard InChI is InChI=1S/C11H5BrCl3NO2/c12-5-3-7(13)9(8(14)4-5)16-11(17)6-1-2-18-10(6)15/h1-4H,(H,16,17).